The summed E-state index contributed by atoms with van der Waals surface area (Å²) >= 11 is 0. The Bertz CT molecular complexity index is 515. The van der Waals surface area contributed by atoms with Crippen LogP contribution in [0, 0.1) is 0 Å². The van der Waals surface area contributed by atoms with Crippen LogP contribution in [0.25, 0.3) is 0 Å². The molecule has 2 N–H and O–H groups in total. The molecule has 4 nitrogen and oxygen atoms in total. The number of hydrogen-bond donors (Lipinski definition) is 2. The van der Waals surface area contributed by atoms with Gasteiger partial charge in [-0.15, -0.1) is 12.4 Å². The molecule has 5 heteroatoms. The normalized spacial score (nSPS) is 14.0. The lowest BCUT2D eigenvalue weighted by Gasteiger charge is -2.15. The van der Waals surface area contributed by atoms with E-state index < -0.39 is 0 Å². The van der Waals surface area contributed by atoms with Crippen molar-refractivity contribution < 1.29 is 9.53 Å². The molecule has 0 saturated heterocycles. The van der Waals surface area contributed by atoms with Crippen molar-refractivity contribution in [1.29, 1.82) is 0 Å². The van der Waals surface area contributed by atoms with Crippen molar-refractivity contribution in [2.75, 3.05) is 19.6 Å². The van der Waals surface area contributed by atoms with E-state index in [4.69, 9.17) is 4.74 Å². The lowest BCUT2D eigenvalue weighted by molar-refractivity contribution is -0.120. The van der Waals surface area contributed by atoms with E-state index >= 15 is 0 Å². The minimum Gasteiger partial charge on any atom is -0.491 e. The summed E-state index contributed by atoms with van der Waals surface area (Å²) in [6.45, 7) is 6.54. The van der Waals surface area contributed by atoms with Gasteiger partial charge in [0.15, 0.2) is 0 Å². The average Bonchev–Trinajstić information content (AvgIpc) is 2.46. The number of halogens is 1. The third kappa shape index (κ3) is 6.50. The van der Waals surface area contributed by atoms with Crippen molar-refractivity contribution in [3.8, 4) is 5.75 Å². The first kappa shape index (κ1) is 18.5. The minimum atomic E-state index is 0. The molecule has 0 aliphatic carbocycles. The molecule has 0 saturated carbocycles. The number of benzene rings is 1. The first-order chi connectivity index (χ1) is 10.1. The Kier molecular flexibility index (Phi) is 7.99. The summed E-state index contributed by atoms with van der Waals surface area (Å²) in [6, 6.07) is 7.73. The molecule has 1 aromatic rings. The molecular formula is C17H25ClN2O2. The Hall–Kier alpha value is -1.52. The zero-order valence-corrected chi connectivity index (χ0v) is 14.0. The zero-order chi connectivity index (χ0) is 15.1. The fraction of sp³-hybridized carbons (Fsp3) is 0.471. The summed E-state index contributed by atoms with van der Waals surface area (Å²) in [6.07, 6.45) is 3.70. The molecule has 1 aliphatic rings. The molecule has 1 aromatic carbocycles. The van der Waals surface area contributed by atoms with Gasteiger partial charge in [-0.1, -0.05) is 23.8 Å². The number of ether oxygens (including phenoxy) is 1. The molecule has 0 bridgehead atoms. The molecule has 0 radical (unpaired) electrons. The number of amides is 1. The van der Waals surface area contributed by atoms with Gasteiger partial charge in [0.1, 0.15) is 5.75 Å². The van der Waals surface area contributed by atoms with E-state index in [0.717, 1.165) is 30.8 Å². The van der Waals surface area contributed by atoms with Gasteiger partial charge in [-0.2, -0.15) is 0 Å². The predicted octanol–water partition coefficient (Wildman–Crippen LogP) is 2.47. The highest BCUT2D eigenvalue weighted by Crippen LogP contribution is 2.15. The lowest BCUT2D eigenvalue weighted by Crippen LogP contribution is -2.30. The second kappa shape index (κ2) is 9.49. The van der Waals surface area contributed by atoms with Crippen LogP contribution < -0.4 is 15.4 Å². The molecule has 0 atom stereocenters. The van der Waals surface area contributed by atoms with Crippen LogP contribution in [0.5, 0.6) is 5.75 Å². The second-order valence-corrected chi connectivity index (χ2v) is 5.58. The highest BCUT2D eigenvalue weighted by molar-refractivity contribution is 5.85. The van der Waals surface area contributed by atoms with Gasteiger partial charge in [0, 0.05) is 13.1 Å². The first-order valence-corrected chi connectivity index (χ1v) is 7.54. The summed E-state index contributed by atoms with van der Waals surface area (Å²) < 4.78 is 5.64. The lowest BCUT2D eigenvalue weighted by atomic mass is 10.1. The zero-order valence-electron chi connectivity index (χ0n) is 13.2. The van der Waals surface area contributed by atoms with Gasteiger partial charge < -0.3 is 15.4 Å². The number of carbonyl (C=O) groups is 1. The van der Waals surface area contributed by atoms with Gasteiger partial charge in [-0.25, -0.2) is 0 Å². The quantitative estimate of drug-likeness (QED) is 0.790. The van der Waals surface area contributed by atoms with Crippen LogP contribution in [0.2, 0.25) is 0 Å². The van der Waals surface area contributed by atoms with E-state index in [1.807, 2.05) is 38.1 Å². The summed E-state index contributed by atoms with van der Waals surface area (Å²) in [4.78, 5) is 12.0. The fourth-order valence-electron chi connectivity index (χ4n) is 2.29. The van der Waals surface area contributed by atoms with Gasteiger partial charge in [-0.05, 0) is 44.5 Å². The molecule has 22 heavy (non-hydrogen) atoms. The Morgan fingerprint density at radius 2 is 2.23 bits per heavy atom. The molecule has 1 aliphatic heterocycles. The van der Waals surface area contributed by atoms with Crippen molar-refractivity contribution in [2.24, 2.45) is 0 Å². The third-order valence-corrected chi connectivity index (χ3v) is 3.31. The molecular weight excluding hydrogens is 300 g/mol. The van der Waals surface area contributed by atoms with Crippen molar-refractivity contribution in [3.63, 3.8) is 0 Å². The van der Waals surface area contributed by atoms with Gasteiger partial charge >= 0.3 is 0 Å². The largest absolute Gasteiger partial charge is 0.491 e. The van der Waals surface area contributed by atoms with Crippen LogP contribution >= 0.6 is 12.4 Å². The van der Waals surface area contributed by atoms with E-state index in [1.165, 1.54) is 5.57 Å². The van der Waals surface area contributed by atoms with Crippen molar-refractivity contribution in [2.45, 2.75) is 32.8 Å². The van der Waals surface area contributed by atoms with E-state index in [2.05, 4.69) is 16.7 Å². The summed E-state index contributed by atoms with van der Waals surface area (Å²) in [7, 11) is 0. The molecule has 1 amide bonds. The van der Waals surface area contributed by atoms with Crippen LogP contribution in [0.3, 0.4) is 0 Å². The monoisotopic (exact) mass is 324 g/mol. The Morgan fingerprint density at radius 1 is 1.41 bits per heavy atom. The second-order valence-electron chi connectivity index (χ2n) is 5.58. The van der Waals surface area contributed by atoms with Gasteiger partial charge in [-0.3, -0.25) is 4.79 Å². The molecule has 2 rings (SSSR count). The smallest absolute Gasteiger partial charge is 0.224 e. The Labute approximate surface area is 138 Å². The molecule has 122 valence electrons. The van der Waals surface area contributed by atoms with Gasteiger partial charge in [0.05, 0.1) is 12.5 Å². The molecule has 0 unspecified atom stereocenters. The average molecular weight is 325 g/mol. The number of rotatable bonds is 6. The van der Waals surface area contributed by atoms with Crippen molar-refractivity contribution >= 4 is 18.3 Å². The van der Waals surface area contributed by atoms with Gasteiger partial charge in [0.25, 0.3) is 0 Å². The molecule has 0 spiro atoms. The fourth-order valence-corrected chi connectivity index (χ4v) is 2.29. The summed E-state index contributed by atoms with van der Waals surface area (Å²) in [5.74, 6) is 0.868. The SMILES string of the molecule is CC(C)Oc1cccc(CC(=O)NCC2=CCNCC2)c1.Cl. The maximum atomic E-state index is 12.0. The highest BCUT2D eigenvalue weighted by atomic mass is 35.5. The standard InChI is InChI=1S/C17H24N2O2.ClH/c1-13(2)21-16-5-3-4-15(10-16)11-17(20)19-12-14-6-8-18-9-7-14;/h3-6,10,13,18H,7-9,11-12H2,1-2H3,(H,19,20);1H. The molecule has 0 fully saturated rings. The molecule has 0 aromatic heterocycles. The Morgan fingerprint density at radius 3 is 2.91 bits per heavy atom. The predicted molar refractivity (Wildman–Crippen MR) is 91.7 cm³/mol. The van der Waals surface area contributed by atoms with E-state index in [9.17, 15) is 4.79 Å². The van der Waals surface area contributed by atoms with Crippen LogP contribution in [0.1, 0.15) is 25.8 Å². The van der Waals surface area contributed by atoms with E-state index in [0.29, 0.717) is 13.0 Å². The summed E-state index contributed by atoms with van der Waals surface area (Å²) in [5, 5.41) is 6.25. The van der Waals surface area contributed by atoms with E-state index in [-0.39, 0.29) is 24.4 Å². The summed E-state index contributed by atoms with van der Waals surface area (Å²) in [5.41, 5.74) is 2.28. The maximum Gasteiger partial charge on any atom is 0.224 e. The third-order valence-electron chi connectivity index (χ3n) is 3.31. The number of hydrogen-bond acceptors (Lipinski definition) is 3. The van der Waals surface area contributed by atoms with E-state index in [1.54, 1.807) is 0 Å². The van der Waals surface area contributed by atoms with Crippen molar-refractivity contribution in [1.82, 2.24) is 10.6 Å². The number of carbonyl (C=O) groups excluding carboxylic acids is 1. The Balaban J connectivity index is 0.00000242. The van der Waals surface area contributed by atoms with Crippen LogP contribution in [-0.2, 0) is 11.2 Å². The molecule has 1 heterocycles. The van der Waals surface area contributed by atoms with Crippen LogP contribution in [-0.4, -0.2) is 31.6 Å². The van der Waals surface area contributed by atoms with Gasteiger partial charge in [0.2, 0.25) is 5.91 Å². The topological polar surface area (TPSA) is 50.4 Å². The first-order valence-electron chi connectivity index (χ1n) is 7.54. The highest BCUT2D eigenvalue weighted by Gasteiger charge is 2.07. The van der Waals surface area contributed by atoms with Crippen LogP contribution in [0.15, 0.2) is 35.9 Å². The number of nitrogens with one attached hydrogen (secondary N) is 2. The minimum absolute atomic E-state index is 0. The van der Waals surface area contributed by atoms with Crippen molar-refractivity contribution in [3.05, 3.63) is 41.5 Å². The van der Waals surface area contributed by atoms with Crippen LogP contribution in [0.4, 0.5) is 0 Å². The maximum absolute atomic E-state index is 12.0.